The number of methoxy groups -OCH3 is 1. The third-order valence-corrected chi connectivity index (χ3v) is 6.30. The molecule has 0 spiro atoms. The summed E-state index contributed by atoms with van der Waals surface area (Å²) in [6.07, 6.45) is 3.39. The Morgan fingerprint density at radius 3 is 2.73 bits per heavy atom. The highest BCUT2D eigenvalue weighted by Gasteiger charge is 2.25. The number of nitrogens with one attached hydrogen (secondary N) is 2. The van der Waals surface area contributed by atoms with Gasteiger partial charge in [-0.25, -0.2) is 9.37 Å². The number of hydrogen-bond acceptors (Lipinski definition) is 8. The Morgan fingerprint density at radius 1 is 1.19 bits per heavy atom. The second kappa shape index (κ2) is 10.3. The lowest BCUT2D eigenvalue weighted by atomic mass is 10.0. The number of rotatable bonds is 7. The van der Waals surface area contributed by atoms with Crippen LogP contribution in [0.15, 0.2) is 36.7 Å². The van der Waals surface area contributed by atoms with Crippen LogP contribution >= 0.6 is 0 Å². The fraction of sp³-hybridized carbons (Fsp3) is 0.385. The summed E-state index contributed by atoms with van der Waals surface area (Å²) < 4.78 is 26.8. The molecule has 5 rings (SSSR count). The van der Waals surface area contributed by atoms with Crippen molar-refractivity contribution in [2.45, 2.75) is 25.9 Å². The fourth-order valence-corrected chi connectivity index (χ4v) is 4.84. The second-order valence-electron chi connectivity index (χ2n) is 9.41. The highest BCUT2D eigenvalue weighted by Crippen LogP contribution is 2.31. The van der Waals surface area contributed by atoms with Crippen molar-refractivity contribution < 1.29 is 18.7 Å². The average Bonchev–Trinajstić information content (AvgIpc) is 3.23. The molecule has 0 saturated carbocycles. The molecule has 37 heavy (non-hydrogen) atoms. The van der Waals surface area contributed by atoms with Gasteiger partial charge in [0.1, 0.15) is 12.1 Å². The highest BCUT2D eigenvalue weighted by molar-refractivity contribution is 6.14. The van der Waals surface area contributed by atoms with Crippen LogP contribution < -0.4 is 20.3 Å². The van der Waals surface area contributed by atoms with E-state index in [4.69, 9.17) is 9.47 Å². The largest absolute Gasteiger partial charge is 0.461 e. The minimum atomic E-state index is -0.508. The number of piperazine rings is 1. The number of benzene rings is 2. The molecule has 11 heteroatoms. The third kappa shape index (κ3) is 5.18. The van der Waals surface area contributed by atoms with E-state index in [9.17, 15) is 9.18 Å². The van der Waals surface area contributed by atoms with Crippen molar-refractivity contribution in [2.75, 3.05) is 43.6 Å². The summed E-state index contributed by atoms with van der Waals surface area (Å²) in [5.41, 5.74) is 2.31. The molecule has 0 aliphatic carbocycles. The first kappa shape index (κ1) is 24.8. The van der Waals surface area contributed by atoms with E-state index in [1.54, 1.807) is 38.7 Å². The van der Waals surface area contributed by atoms with Gasteiger partial charge in [-0.15, -0.1) is 0 Å². The first-order valence-electron chi connectivity index (χ1n) is 12.2. The first-order chi connectivity index (χ1) is 17.8. The van der Waals surface area contributed by atoms with E-state index in [0.29, 0.717) is 40.8 Å². The maximum absolute atomic E-state index is 14.6. The van der Waals surface area contributed by atoms with Gasteiger partial charge in [0.2, 0.25) is 0 Å². The molecule has 0 unspecified atom stereocenters. The SMILES string of the molecule is COCCOc1ncc2c(N3C[C@@H](C)N[C@@H](C)C3)ccc(C(=O)Nc3cc(F)c4nn(C)cc4c3)c2n1. The van der Waals surface area contributed by atoms with E-state index in [-0.39, 0.29) is 18.1 Å². The zero-order chi connectivity index (χ0) is 26.1. The van der Waals surface area contributed by atoms with Crippen molar-refractivity contribution >= 4 is 39.1 Å². The number of aryl methyl sites for hydroxylation is 1. The van der Waals surface area contributed by atoms with Gasteiger partial charge in [-0.3, -0.25) is 9.48 Å². The molecular weight excluding hydrogens is 477 g/mol. The number of carbonyl (C=O) groups excluding carboxylic acids is 1. The lowest BCUT2D eigenvalue weighted by molar-refractivity contribution is 0.102. The van der Waals surface area contributed by atoms with Gasteiger partial charge in [0.25, 0.3) is 5.91 Å². The van der Waals surface area contributed by atoms with Gasteiger partial charge in [-0.1, -0.05) is 0 Å². The topological polar surface area (TPSA) is 106 Å². The molecule has 2 aromatic heterocycles. The summed E-state index contributed by atoms with van der Waals surface area (Å²) in [4.78, 5) is 24.7. The molecule has 4 aromatic rings. The molecule has 0 radical (unpaired) electrons. The molecule has 1 aliphatic heterocycles. The molecule has 1 aliphatic rings. The lowest BCUT2D eigenvalue weighted by Crippen LogP contribution is -2.54. The number of nitrogens with zero attached hydrogens (tertiary/aromatic N) is 5. The first-order valence-corrected chi connectivity index (χ1v) is 12.2. The smallest absolute Gasteiger partial charge is 0.317 e. The molecule has 2 atom stereocenters. The number of hydrogen-bond donors (Lipinski definition) is 2. The maximum atomic E-state index is 14.6. The molecule has 0 bridgehead atoms. The van der Waals surface area contributed by atoms with E-state index >= 15 is 0 Å². The Labute approximate surface area is 213 Å². The number of fused-ring (bicyclic) bond motifs is 2. The van der Waals surface area contributed by atoms with Crippen LogP contribution in [0.2, 0.25) is 0 Å². The number of aromatic nitrogens is 4. The minimum Gasteiger partial charge on any atom is -0.461 e. The maximum Gasteiger partial charge on any atom is 0.317 e. The summed E-state index contributed by atoms with van der Waals surface area (Å²) in [6.45, 7) is 6.56. The van der Waals surface area contributed by atoms with Crippen LogP contribution in [0.25, 0.3) is 21.8 Å². The molecule has 194 valence electrons. The minimum absolute atomic E-state index is 0.153. The van der Waals surface area contributed by atoms with Crippen LogP contribution in [0.3, 0.4) is 0 Å². The van der Waals surface area contributed by atoms with Crippen LogP contribution in [0.5, 0.6) is 6.01 Å². The van der Waals surface area contributed by atoms with E-state index < -0.39 is 11.7 Å². The Hall–Kier alpha value is -3.83. The van der Waals surface area contributed by atoms with Gasteiger partial charge in [0.05, 0.1) is 17.7 Å². The van der Waals surface area contributed by atoms with Gasteiger partial charge in [-0.05, 0) is 38.1 Å². The van der Waals surface area contributed by atoms with E-state index in [2.05, 4.69) is 44.4 Å². The molecule has 1 amide bonds. The number of ether oxygens (including phenoxy) is 2. The zero-order valence-corrected chi connectivity index (χ0v) is 21.3. The van der Waals surface area contributed by atoms with Crippen LogP contribution in [-0.2, 0) is 11.8 Å². The number of carbonyl (C=O) groups is 1. The predicted octanol–water partition coefficient (Wildman–Crippen LogP) is 3.12. The lowest BCUT2D eigenvalue weighted by Gasteiger charge is -2.38. The standard InChI is InChI=1S/C26H30FN7O3/c1-15-12-34(13-16(2)29-15)22-6-5-19(24-20(22)11-28-26(31-24)37-8-7-36-4)25(35)30-18-9-17-14-33(3)32-23(17)21(27)10-18/h5-6,9-11,14-16,29H,7-8,12-13H2,1-4H3,(H,30,35)/t15-,16+. The van der Waals surface area contributed by atoms with Gasteiger partial charge in [0.15, 0.2) is 5.82 Å². The normalized spacial score (nSPS) is 17.9. The van der Waals surface area contributed by atoms with Crippen molar-refractivity contribution in [3.05, 3.63) is 48.0 Å². The molecule has 2 N–H and O–H groups in total. The van der Waals surface area contributed by atoms with Crippen molar-refractivity contribution in [3.63, 3.8) is 0 Å². The summed E-state index contributed by atoms with van der Waals surface area (Å²) >= 11 is 0. The second-order valence-corrected chi connectivity index (χ2v) is 9.41. The zero-order valence-electron chi connectivity index (χ0n) is 21.3. The molecule has 1 saturated heterocycles. The summed E-state index contributed by atoms with van der Waals surface area (Å²) in [5.74, 6) is -0.922. The van der Waals surface area contributed by atoms with Gasteiger partial charge < -0.3 is 25.0 Å². The molecule has 2 aromatic carbocycles. The molecule has 1 fully saturated rings. The van der Waals surface area contributed by atoms with Crippen molar-refractivity contribution in [1.29, 1.82) is 0 Å². The summed E-state index contributed by atoms with van der Waals surface area (Å²) in [7, 11) is 3.30. The van der Waals surface area contributed by atoms with Gasteiger partial charge in [-0.2, -0.15) is 10.1 Å². The Balaban J connectivity index is 1.53. The number of amides is 1. The number of anilines is 2. The molecule has 10 nitrogen and oxygen atoms in total. The Morgan fingerprint density at radius 2 is 1.97 bits per heavy atom. The van der Waals surface area contributed by atoms with Crippen LogP contribution in [0.1, 0.15) is 24.2 Å². The summed E-state index contributed by atoms with van der Waals surface area (Å²) in [6, 6.07) is 7.38. The predicted molar refractivity (Wildman–Crippen MR) is 140 cm³/mol. The average molecular weight is 508 g/mol. The van der Waals surface area contributed by atoms with Crippen molar-refractivity contribution in [3.8, 4) is 6.01 Å². The van der Waals surface area contributed by atoms with Gasteiger partial charge in [0, 0.05) is 73.9 Å². The van der Waals surface area contributed by atoms with Gasteiger partial charge >= 0.3 is 6.01 Å². The third-order valence-electron chi connectivity index (χ3n) is 6.30. The van der Waals surface area contributed by atoms with E-state index in [1.807, 2.05) is 6.07 Å². The quantitative estimate of drug-likeness (QED) is 0.368. The van der Waals surface area contributed by atoms with Crippen LogP contribution in [-0.4, -0.2) is 71.2 Å². The fourth-order valence-electron chi connectivity index (χ4n) is 4.84. The molecular formula is C26H30FN7O3. The Kier molecular flexibility index (Phi) is 6.90. The monoisotopic (exact) mass is 507 g/mol. The highest BCUT2D eigenvalue weighted by atomic mass is 19.1. The van der Waals surface area contributed by atoms with E-state index in [1.165, 1.54) is 10.7 Å². The van der Waals surface area contributed by atoms with Crippen molar-refractivity contribution in [2.24, 2.45) is 7.05 Å². The number of halogens is 1. The molecule has 3 heterocycles. The van der Waals surface area contributed by atoms with E-state index in [0.717, 1.165) is 24.2 Å². The van der Waals surface area contributed by atoms with Crippen molar-refractivity contribution in [1.82, 2.24) is 25.1 Å². The summed E-state index contributed by atoms with van der Waals surface area (Å²) in [5, 5.41) is 11.8. The van der Waals surface area contributed by atoms with Crippen LogP contribution in [0.4, 0.5) is 15.8 Å². The Bertz CT molecular complexity index is 1450. The van der Waals surface area contributed by atoms with Crippen LogP contribution in [0, 0.1) is 5.82 Å².